The van der Waals surface area contributed by atoms with E-state index in [0.717, 1.165) is 22.2 Å². The lowest BCUT2D eigenvalue weighted by Gasteiger charge is -2.16. The van der Waals surface area contributed by atoms with Crippen molar-refractivity contribution in [3.05, 3.63) is 71.0 Å². The Morgan fingerprint density at radius 2 is 2.16 bits per heavy atom. The van der Waals surface area contributed by atoms with Crippen LogP contribution in [0.4, 0.5) is 0 Å². The second-order valence-corrected chi connectivity index (χ2v) is 6.12. The van der Waals surface area contributed by atoms with E-state index < -0.39 is 0 Å². The summed E-state index contributed by atoms with van der Waals surface area (Å²) in [6.07, 6.45) is 7.40. The molecule has 2 aromatic heterocycles. The van der Waals surface area contributed by atoms with Crippen molar-refractivity contribution in [1.82, 2.24) is 15.3 Å². The van der Waals surface area contributed by atoms with Crippen molar-refractivity contribution in [3.63, 3.8) is 0 Å². The second-order valence-electron chi connectivity index (χ2n) is 5.71. The zero-order valence-corrected chi connectivity index (χ0v) is 14.3. The predicted octanol–water partition coefficient (Wildman–Crippen LogP) is 2.92. The van der Waals surface area contributed by atoms with Gasteiger partial charge in [0.15, 0.2) is 0 Å². The SMILES string of the molecule is NC[C@H](Cc1ccccc1Cl)NC(=O)C=Cc1c[nH]c2ncccc12. The molecule has 0 aliphatic heterocycles. The van der Waals surface area contributed by atoms with Crippen molar-refractivity contribution in [3.8, 4) is 0 Å². The number of aromatic amines is 1. The number of nitrogens with two attached hydrogens (primary N) is 1. The zero-order chi connectivity index (χ0) is 17.6. The van der Waals surface area contributed by atoms with Gasteiger partial charge in [-0.05, 0) is 36.3 Å². The molecule has 3 aromatic rings. The van der Waals surface area contributed by atoms with Crippen molar-refractivity contribution >= 4 is 34.6 Å². The zero-order valence-electron chi connectivity index (χ0n) is 13.6. The maximum atomic E-state index is 12.2. The Morgan fingerprint density at radius 3 is 2.96 bits per heavy atom. The minimum absolute atomic E-state index is 0.179. The fraction of sp³-hybridized carbons (Fsp3) is 0.158. The van der Waals surface area contributed by atoms with E-state index in [2.05, 4.69) is 15.3 Å². The van der Waals surface area contributed by atoms with Crippen LogP contribution in [0, 0.1) is 0 Å². The summed E-state index contributed by atoms with van der Waals surface area (Å²) in [6, 6.07) is 11.2. The van der Waals surface area contributed by atoms with Gasteiger partial charge in [0.25, 0.3) is 0 Å². The van der Waals surface area contributed by atoms with Crippen molar-refractivity contribution in [2.75, 3.05) is 6.54 Å². The number of nitrogens with one attached hydrogen (secondary N) is 2. The van der Waals surface area contributed by atoms with Gasteiger partial charge in [-0.2, -0.15) is 0 Å². The van der Waals surface area contributed by atoms with Crippen LogP contribution in [0.2, 0.25) is 5.02 Å². The third kappa shape index (κ3) is 4.26. The molecular formula is C19H19ClN4O. The molecule has 0 unspecified atom stereocenters. The molecule has 0 aliphatic carbocycles. The van der Waals surface area contributed by atoms with Crippen LogP contribution in [-0.2, 0) is 11.2 Å². The number of H-pyrrole nitrogens is 1. The summed E-state index contributed by atoms with van der Waals surface area (Å²) in [5.74, 6) is -0.194. The van der Waals surface area contributed by atoms with Crippen molar-refractivity contribution < 1.29 is 4.79 Å². The number of benzene rings is 1. The minimum atomic E-state index is -0.194. The van der Waals surface area contributed by atoms with Gasteiger partial charge in [0.05, 0.1) is 0 Å². The summed E-state index contributed by atoms with van der Waals surface area (Å²) >= 11 is 6.17. The molecular weight excluding hydrogens is 336 g/mol. The van der Waals surface area contributed by atoms with E-state index in [-0.39, 0.29) is 11.9 Å². The summed E-state index contributed by atoms with van der Waals surface area (Å²) in [7, 11) is 0. The average molecular weight is 355 g/mol. The van der Waals surface area contributed by atoms with Crippen LogP contribution in [0.15, 0.2) is 54.9 Å². The van der Waals surface area contributed by atoms with E-state index in [1.165, 1.54) is 6.08 Å². The van der Waals surface area contributed by atoms with E-state index in [4.69, 9.17) is 17.3 Å². The molecule has 128 valence electrons. The highest BCUT2D eigenvalue weighted by Gasteiger charge is 2.12. The third-order valence-corrected chi connectivity index (χ3v) is 4.32. The van der Waals surface area contributed by atoms with Crippen molar-refractivity contribution in [2.24, 2.45) is 5.73 Å². The van der Waals surface area contributed by atoms with Gasteiger partial charge in [0.2, 0.25) is 5.91 Å². The molecule has 0 aliphatic rings. The van der Waals surface area contributed by atoms with Crippen LogP contribution in [0.5, 0.6) is 0 Å². The number of amides is 1. The molecule has 25 heavy (non-hydrogen) atoms. The van der Waals surface area contributed by atoms with E-state index in [0.29, 0.717) is 18.0 Å². The van der Waals surface area contributed by atoms with Gasteiger partial charge in [-0.15, -0.1) is 0 Å². The Kier molecular flexibility index (Phi) is 5.48. The maximum Gasteiger partial charge on any atom is 0.244 e. The quantitative estimate of drug-likeness (QED) is 0.595. The number of nitrogens with zero attached hydrogens (tertiary/aromatic N) is 1. The van der Waals surface area contributed by atoms with Gasteiger partial charge in [-0.25, -0.2) is 4.98 Å². The van der Waals surface area contributed by atoms with Gasteiger partial charge < -0.3 is 16.0 Å². The average Bonchev–Trinajstić information content (AvgIpc) is 3.04. The number of pyridine rings is 1. The molecule has 0 saturated heterocycles. The highest BCUT2D eigenvalue weighted by molar-refractivity contribution is 6.31. The molecule has 1 aromatic carbocycles. The molecule has 4 N–H and O–H groups in total. The number of fused-ring (bicyclic) bond motifs is 1. The van der Waals surface area contributed by atoms with Gasteiger partial charge in [-0.3, -0.25) is 4.79 Å². The van der Waals surface area contributed by atoms with Crippen LogP contribution in [0.1, 0.15) is 11.1 Å². The largest absolute Gasteiger partial charge is 0.348 e. The Labute approximate surface area is 150 Å². The van der Waals surface area contributed by atoms with Crippen LogP contribution in [0.3, 0.4) is 0 Å². The normalized spacial score (nSPS) is 12.6. The highest BCUT2D eigenvalue weighted by Crippen LogP contribution is 2.18. The molecule has 0 fully saturated rings. The summed E-state index contributed by atoms with van der Waals surface area (Å²) in [4.78, 5) is 19.5. The van der Waals surface area contributed by atoms with Gasteiger partial charge >= 0.3 is 0 Å². The topological polar surface area (TPSA) is 83.8 Å². The standard InChI is InChI=1S/C19H19ClN4O/c20-17-6-2-1-4-13(17)10-15(11-21)24-18(25)8-7-14-12-23-19-16(14)5-3-9-22-19/h1-9,12,15H,10-11,21H2,(H,22,23)(H,24,25)/t15-/m0/s1. The van der Waals surface area contributed by atoms with Crippen molar-refractivity contribution in [1.29, 1.82) is 0 Å². The second kappa shape index (κ2) is 7.96. The number of carbonyl (C=O) groups is 1. The Morgan fingerprint density at radius 1 is 1.32 bits per heavy atom. The van der Waals surface area contributed by atoms with Gasteiger partial charge in [0.1, 0.15) is 5.65 Å². The Bertz CT molecular complexity index is 903. The molecule has 6 heteroatoms. The molecule has 1 atom stereocenters. The number of hydrogen-bond acceptors (Lipinski definition) is 3. The predicted molar refractivity (Wildman–Crippen MR) is 101 cm³/mol. The van der Waals surface area contributed by atoms with E-state index in [1.807, 2.05) is 42.6 Å². The first-order valence-corrected chi connectivity index (χ1v) is 8.39. The van der Waals surface area contributed by atoms with Gasteiger partial charge in [0, 0.05) is 47.0 Å². The molecule has 5 nitrogen and oxygen atoms in total. The van der Waals surface area contributed by atoms with Crippen LogP contribution < -0.4 is 11.1 Å². The number of rotatable bonds is 6. The van der Waals surface area contributed by atoms with E-state index in [9.17, 15) is 4.79 Å². The monoisotopic (exact) mass is 354 g/mol. The summed E-state index contributed by atoms with van der Waals surface area (Å²) < 4.78 is 0. The molecule has 0 saturated carbocycles. The Balaban J connectivity index is 1.65. The Hall–Kier alpha value is -2.63. The molecule has 0 bridgehead atoms. The minimum Gasteiger partial charge on any atom is -0.348 e. The number of halogens is 1. The molecule has 0 spiro atoms. The summed E-state index contributed by atoms with van der Waals surface area (Å²) in [5.41, 5.74) is 8.46. The molecule has 1 amide bonds. The maximum absolute atomic E-state index is 12.2. The number of hydrogen-bond donors (Lipinski definition) is 3. The number of carbonyl (C=O) groups excluding carboxylic acids is 1. The van der Waals surface area contributed by atoms with E-state index in [1.54, 1.807) is 12.3 Å². The molecule has 0 radical (unpaired) electrons. The fourth-order valence-corrected chi connectivity index (χ4v) is 2.87. The number of aromatic nitrogens is 2. The highest BCUT2D eigenvalue weighted by atomic mass is 35.5. The lowest BCUT2D eigenvalue weighted by atomic mass is 10.1. The van der Waals surface area contributed by atoms with E-state index >= 15 is 0 Å². The van der Waals surface area contributed by atoms with Gasteiger partial charge in [-0.1, -0.05) is 29.8 Å². The lowest BCUT2D eigenvalue weighted by Crippen LogP contribution is -2.41. The smallest absolute Gasteiger partial charge is 0.244 e. The van der Waals surface area contributed by atoms with Crippen LogP contribution >= 0.6 is 11.6 Å². The summed E-state index contributed by atoms with van der Waals surface area (Å²) in [5, 5.41) is 4.57. The van der Waals surface area contributed by atoms with Crippen LogP contribution in [0.25, 0.3) is 17.1 Å². The molecule has 2 heterocycles. The molecule has 3 rings (SSSR count). The first kappa shape index (κ1) is 17.2. The van der Waals surface area contributed by atoms with Crippen LogP contribution in [-0.4, -0.2) is 28.5 Å². The first-order chi connectivity index (χ1) is 12.2. The third-order valence-electron chi connectivity index (χ3n) is 3.95. The summed E-state index contributed by atoms with van der Waals surface area (Å²) in [6.45, 7) is 0.335. The first-order valence-electron chi connectivity index (χ1n) is 8.01. The van der Waals surface area contributed by atoms with Crippen molar-refractivity contribution in [2.45, 2.75) is 12.5 Å². The lowest BCUT2D eigenvalue weighted by molar-refractivity contribution is -0.117. The fourth-order valence-electron chi connectivity index (χ4n) is 2.65.